The van der Waals surface area contributed by atoms with E-state index < -0.39 is 6.10 Å². The smallest absolute Gasteiger partial charge is 0.305 e. The van der Waals surface area contributed by atoms with Gasteiger partial charge in [-0.2, -0.15) is 0 Å². The minimum atomic E-state index is -0.727. The molecule has 6 heteroatoms. The lowest BCUT2D eigenvalue weighted by Crippen LogP contribution is -2.21. The number of aliphatic hydroxyl groups is 1. The number of allylic oxidation sites excluding steroid dienone is 1. The van der Waals surface area contributed by atoms with E-state index in [-0.39, 0.29) is 4.87 Å². The largest absolute Gasteiger partial charge is 0.494 e. The van der Waals surface area contributed by atoms with Crippen LogP contribution in [0.15, 0.2) is 53.5 Å². The van der Waals surface area contributed by atoms with Crippen LogP contribution in [0.25, 0.3) is 10.2 Å². The predicted molar refractivity (Wildman–Crippen MR) is 120 cm³/mol. The van der Waals surface area contributed by atoms with Crippen LogP contribution in [0.2, 0.25) is 0 Å². The number of unbranched alkanes of at least 4 members (excludes halogenated alkanes) is 1. The first-order chi connectivity index (χ1) is 14.0. The highest BCUT2D eigenvalue weighted by Gasteiger charge is 2.15. The predicted octanol–water partition coefficient (Wildman–Crippen LogP) is 4.46. The van der Waals surface area contributed by atoms with Gasteiger partial charge in [0.05, 0.1) is 22.9 Å². The maximum Gasteiger partial charge on any atom is 0.305 e. The second-order valence-corrected chi connectivity index (χ2v) is 8.25. The second kappa shape index (κ2) is 9.76. The molecule has 0 bridgehead atoms. The van der Waals surface area contributed by atoms with Crippen molar-refractivity contribution in [3.8, 4) is 5.75 Å². The number of hydrogen-bond donors (Lipinski definition) is 3. The molecule has 3 N–H and O–H groups in total. The summed E-state index contributed by atoms with van der Waals surface area (Å²) in [6.45, 7) is 9.25. The molecule has 0 saturated heterocycles. The Hall–Kier alpha value is -2.57. The van der Waals surface area contributed by atoms with Crippen LogP contribution >= 0.6 is 11.3 Å². The first kappa shape index (κ1) is 21.1. The molecule has 1 aromatic heterocycles. The molecule has 0 unspecified atom stereocenters. The SMILES string of the molecule is C=C(Cc1ccc(OCCCC)cc1)NC[C@H](O)c1cc(C)cc2[nH]c(=O)sc12. The maximum atomic E-state index is 11.7. The van der Waals surface area contributed by atoms with Gasteiger partial charge in [0.25, 0.3) is 0 Å². The van der Waals surface area contributed by atoms with Gasteiger partial charge in [0.2, 0.25) is 0 Å². The molecule has 3 rings (SSSR count). The molecule has 0 radical (unpaired) electrons. The third-order valence-corrected chi connectivity index (χ3v) is 5.65. The molecular weight excluding hydrogens is 384 g/mol. The fourth-order valence-electron chi connectivity index (χ4n) is 3.18. The number of hydrogen-bond acceptors (Lipinski definition) is 5. The molecule has 1 atom stereocenters. The van der Waals surface area contributed by atoms with Crippen molar-refractivity contribution in [2.45, 2.75) is 39.2 Å². The van der Waals surface area contributed by atoms with Crippen LogP contribution < -0.4 is 14.9 Å². The van der Waals surface area contributed by atoms with Crippen molar-refractivity contribution in [3.63, 3.8) is 0 Å². The Balaban J connectivity index is 1.56. The van der Waals surface area contributed by atoms with Crippen molar-refractivity contribution in [2.24, 2.45) is 0 Å². The third-order valence-electron chi connectivity index (χ3n) is 4.71. The highest BCUT2D eigenvalue weighted by atomic mass is 32.1. The molecule has 0 aliphatic heterocycles. The lowest BCUT2D eigenvalue weighted by Gasteiger charge is -2.16. The van der Waals surface area contributed by atoms with E-state index in [1.807, 2.05) is 43.3 Å². The molecule has 154 valence electrons. The highest BCUT2D eigenvalue weighted by Crippen LogP contribution is 2.27. The summed E-state index contributed by atoms with van der Waals surface area (Å²) in [6, 6.07) is 11.9. The number of fused-ring (bicyclic) bond motifs is 1. The highest BCUT2D eigenvalue weighted by molar-refractivity contribution is 7.16. The molecule has 0 aliphatic rings. The molecule has 2 aromatic carbocycles. The van der Waals surface area contributed by atoms with Gasteiger partial charge in [-0.1, -0.05) is 49.5 Å². The summed E-state index contributed by atoms with van der Waals surface area (Å²) in [5.74, 6) is 0.880. The minimum absolute atomic E-state index is 0.112. The Labute approximate surface area is 175 Å². The zero-order chi connectivity index (χ0) is 20.8. The summed E-state index contributed by atoms with van der Waals surface area (Å²) in [4.78, 5) is 14.4. The minimum Gasteiger partial charge on any atom is -0.494 e. The summed E-state index contributed by atoms with van der Waals surface area (Å²) in [5, 5.41) is 13.9. The molecule has 5 nitrogen and oxygen atoms in total. The Morgan fingerprint density at radius 2 is 2.07 bits per heavy atom. The first-order valence-corrected chi connectivity index (χ1v) is 10.7. The lowest BCUT2D eigenvalue weighted by atomic mass is 10.1. The van der Waals surface area contributed by atoms with Crippen molar-refractivity contribution >= 4 is 21.6 Å². The lowest BCUT2D eigenvalue weighted by molar-refractivity contribution is 0.180. The van der Waals surface area contributed by atoms with E-state index in [1.54, 1.807) is 0 Å². The molecule has 29 heavy (non-hydrogen) atoms. The average Bonchev–Trinajstić information content (AvgIpc) is 3.07. The summed E-state index contributed by atoms with van der Waals surface area (Å²) in [5.41, 5.74) is 4.49. The zero-order valence-electron chi connectivity index (χ0n) is 17.0. The van der Waals surface area contributed by atoms with Crippen LogP contribution in [0.1, 0.15) is 42.6 Å². The summed E-state index contributed by atoms with van der Waals surface area (Å²) in [6.07, 6.45) is 2.11. The quantitative estimate of drug-likeness (QED) is 0.430. The Bertz CT molecular complexity index is 1020. The maximum absolute atomic E-state index is 11.7. The fourth-order valence-corrected chi connectivity index (χ4v) is 4.06. The second-order valence-electron chi connectivity index (χ2n) is 7.27. The number of nitrogens with one attached hydrogen (secondary N) is 2. The van der Waals surface area contributed by atoms with Crippen molar-refractivity contribution in [3.05, 3.63) is 75.0 Å². The topological polar surface area (TPSA) is 74.3 Å². The number of ether oxygens (including phenoxy) is 1. The van der Waals surface area contributed by atoms with Crippen LogP contribution in [-0.2, 0) is 6.42 Å². The number of rotatable bonds is 10. The Kier molecular flexibility index (Phi) is 7.12. The number of aromatic nitrogens is 1. The summed E-state index contributed by atoms with van der Waals surface area (Å²) < 4.78 is 6.49. The van der Waals surface area contributed by atoms with Crippen molar-refractivity contribution in [1.82, 2.24) is 10.3 Å². The number of aromatic amines is 1. The number of benzene rings is 2. The third kappa shape index (κ3) is 5.71. The first-order valence-electron chi connectivity index (χ1n) is 9.91. The molecule has 0 spiro atoms. The zero-order valence-corrected chi connectivity index (χ0v) is 17.8. The van der Waals surface area contributed by atoms with Crippen molar-refractivity contribution in [1.29, 1.82) is 0 Å². The van der Waals surface area contributed by atoms with Gasteiger partial charge >= 0.3 is 4.87 Å². The van der Waals surface area contributed by atoms with Crippen molar-refractivity contribution < 1.29 is 9.84 Å². The molecule has 0 amide bonds. The fraction of sp³-hybridized carbons (Fsp3) is 0.348. The summed E-state index contributed by atoms with van der Waals surface area (Å²) in [7, 11) is 0. The number of aliphatic hydroxyl groups excluding tert-OH is 1. The van der Waals surface area contributed by atoms with Gasteiger partial charge in [-0.25, -0.2) is 0 Å². The van der Waals surface area contributed by atoms with Crippen molar-refractivity contribution in [2.75, 3.05) is 13.2 Å². The molecule has 3 aromatic rings. The number of H-pyrrole nitrogens is 1. The standard InChI is InChI=1S/C23H28N2O3S/c1-4-5-10-28-18-8-6-17(7-9-18)13-16(3)24-14-21(26)19-11-15(2)12-20-22(19)29-23(27)25-20/h6-9,11-12,21,24,26H,3-5,10,13-14H2,1-2H3,(H,25,27)/t21-/m0/s1. The van der Waals surface area contributed by atoms with E-state index in [2.05, 4.69) is 23.8 Å². The van der Waals surface area contributed by atoms with Crippen LogP contribution in [-0.4, -0.2) is 23.2 Å². The van der Waals surface area contributed by atoms with E-state index >= 15 is 0 Å². The number of aryl methyl sites for hydroxylation is 1. The van der Waals surface area contributed by atoms with Crippen LogP contribution in [0.4, 0.5) is 0 Å². The van der Waals surface area contributed by atoms with Crippen LogP contribution in [0.3, 0.4) is 0 Å². The normalized spacial score (nSPS) is 12.1. The molecule has 0 fully saturated rings. The van der Waals surface area contributed by atoms with Gasteiger partial charge in [-0.15, -0.1) is 0 Å². The van der Waals surface area contributed by atoms with Gasteiger partial charge in [0, 0.05) is 24.2 Å². The summed E-state index contributed by atoms with van der Waals surface area (Å²) >= 11 is 1.13. The average molecular weight is 413 g/mol. The van der Waals surface area contributed by atoms with Crippen LogP contribution in [0.5, 0.6) is 5.75 Å². The Morgan fingerprint density at radius 3 is 2.79 bits per heavy atom. The molecule has 0 aliphatic carbocycles. The van der Waals surface area contributed by atoms with E-state index in [9.17, 15) is 9.90 Å². The van der Waals surface area contributed by atoms with Gasteiger partial charge in [-0.3, -0.25) is 4.79 Å². The van der Waals surface area contributed by atoms with E-state index in [0.29, 0.717) is 13.0 Å². The molecular formula is C23H28N2O3S. The van der Waals surface area contributed by atoms with Gasteiger partial charge < -0.3 is 20.1 Å². The Morgan fingerprint density at radius 1 is 1.31 bits per heavy atom. The molecule has 1 heterocycles. The monoisotopic (exact) mass is 412 g/mol. The van der Waals surface area contributed by atoms with Gasteiger partial charge in [0.1, 0.15) is 5.75 Å². The van der Waals surface area contributed by atoms with E-state index in [4.69, 9.17) is 4.74 Å². The van der Waals surface area contributed by atoms with E-state index in [0.717, 1.165) is 69.1 Å². The van der Waals surface area contributed by atoms with Crippen LogP contribution in [0, 0.1) is 6.92 Å². The van der Waals surface area contributed by atoms with E-state index in [1.165, 1.54) is 0 Å². The number of thiazole rings is 1. The van der Waals surface area contributed by atoms with Gasteiger partial charge in [0.15, 0.2) is 0 Å². The molecule has 0 saturated carbocycles. The van der Waals surface area contributed by atoms with Gasteiger partial charge in [-0.05, 0) is 42.7 Å².